The highest BCUT2D eigenvalue weighted by Crippen LogP contribution is 2.22. The minimum Gasteiger partial charge on any atom is -0.304 e. The molecule has 3 rings (SSSR count). The summed E-state index contributed by atoms with van der Waals surface area (Å²) in [5.74, 6) is -0.445. The second kappa shape index (κ2) is 6.97. The number of carbonyl (C=O) groups is 1. The molecular formula is C16H14BrClFN5O. The van der Waals surface area contributed by atoms with Gasteiger partial charge in [-0.05, 0) is 35.0 Å². The number of nitrogens with one attached hydrogen (secondary N) is 1. The predicted molar refractivity (Wildman–Crippen MR) is 96.3 cm³/mol. The van der Waals surface area contributed by atoms with E-state index < -0.39 is 5.82 Å². The summed E-state index contributed by atoms with van der Waals surface area (Å²) in [5, 5.41) is 11.4. The Labute approximate surface area is 156 Å². The molecule has 0 aliphatic carbocycles. The van der Waals surface area contributed by atoms with E-state index in [-0.39, 0.29) is 18.1 Å². The second-order valence-corrected chi connectivity index (χ2v) is 6.62. The van der Waals surface area contributed by atoms with E-state index in [0.29, 0.717) is 20.9 Å². The van der Waals surface area contributed by atoms with E-state index in [1.54, 1.807) is 36.1 Å². The molecule has 0 aliphatic heterocycles. The van der Waals surface area contributed by atoms with Crippen LogP contribution in [0.3, 0.4) is 0 Å². The van der Waals surface area contributed by atoms with E-state index in [9.17, 15) is 9.18 Å². The monoisotopic (exact) mass is 425 g/mol. The summed E-state index contributed by atoms with van der Waals surface area (Å²) < 4.78 is 17.6. The lowest BCUT2D eigenvalue weighted by Crippen LogP contribution is -2.14. The standard InChI is InChI=1S/C16H14BrClFN5O/c1-9-14(17)15(22-23(9)2)16(25)20-13-6-7-24(21-13)8-10-11(18)4-3-5-12(10)19/h3-7H,8H2,1-2H3,(H,20,21,25). The van der Waals surface area contributed by atoms with Gasteiger partial charge in [-0.3, -0.25) is 14.2 Å². The van der Waals surface area contributed by atoms with Gasteiger partial charge in [0.05, 0.1) is 16.7 Å². The summed E-state index contributed by atoms with van der Waals surface area (Å²) in [6, 6.07) is 6.13. The summed E-state index contributed by atoms with van der Waals surface area (Å²) in [7, 11) is 1.75. The molecule has 1 aromatic carbocycles. The van der Waals surface area contributed by atoms with Crippen LogP contribution in [0.1, 0.15) is 21.7 Å². The van der Waals surface area contributed by atoms with Gasteiger partial charge in [0, 0.05) is 29.9 Å². The van der Waals surface area contributed by atoms with Crippen molar-refractivity contribution >= 4 is 39.3 Å². The molecule has 2 aromatic heterocycles. The fourth-order valence-electron chi connectivity index (χ4n) is 2.26. The van der Waals surface area contributed by atoms with Crippen LogP contribution in [0, 0.1) is 12.7 Å². The number of aromatic nitrogens is 4. The van der Waals surface area contributed by atoms with E-state index in [1.807, 2.05) is 6.92 Å². The van der Waals surface area contributed by atoms with Gasteiger partial charge in [0.25, 0.3) is 5.91 Å². The summed E-state index contributed by atoms with van der Waals surface area (Å²) in [6.07, 6.45) is 1.64. The van der Waals surface area contributed by atoms with Gasteiger partial charge in [0.2, 0.25) is 0 Å². The zero-order valence-electron chi connectivity index (χ0n) is 13.4. The Balaban J connectivity index is 1.75. The summed E-state index contributed by atoms with van der Waals surface area (Å²) in [4.78, 5) is 12.3. The van der Waals surface area contributed by atoms with Crippen LogP contribution in [-0.2, 0) is 13.6 Å². The van der Waals surface area contributed by atoms with Crippen LogP contribution in [-0.4, -0.2) is 25.5 Å². The molecule has 0 saturated heterocycles. The Morgan fingerprint density at radius 1 is 1.36 bits per heavy atom. The maximum Gasteiger partial charge on any atom is 0.278 e. The first-order valence-electron chi connectivity index (χ1n) is 7.33. The molecule has 9 heteroatoms. The Morgan fingerprint density at radius 3 is 2.76 bits per heavy atom. The fourth-order valence-corrected chi connectivity index (χ4v) is 3.00. The largest absolute Gasteiger partial charge is 0.304 e. The van der Waals surface area contributed by atoms with Crippen molar-refractivity contribution < 1.29 is 9.18 Å². The van der Waals surface area contributed by atoms with E-state index in [0.717, 1.165) is 5.69 Å². The van der Waals surface area contributed by atoms with Crippen LogP contribution in [0.25, 0.3) is 0 Å². The molecule has 0 saturated carbocycles. The number of hydrogen-bond donors (Lipinski definition) is 1. The Hall–Kier alpha value is -2.19. The number of carbonyl (C=O) groups excluding carboxylic acids is 1. The van der Waals surface area contributed by atoms with E-state index in [4.69, 9.17) is 11.6 Å². The molecule has 3 aromatic rings. The molecule has 25 heavy (non-hydrogen) atoms. The lowest BCUT2D eigenvalue weighted by Gasteiger charge is -2.06. The van der Waals surface area contributed by atoms with E-state index in [1.165, 1.54) is 10.7 Å². The summed E-state index contributed by atoms with van der Waals surface area (Å²) >= 11 is 9.37. The van der Waals surface area contributed by atoms with Gasteiger partial charge in [-0.2, -0.15) is 10.2 Å². The van der Waals surface area contributed by atoms with Gasteiger partial charge in [0.15, 0.2) is 11.5 Å². The van der Waals surface area contributed by atoms with Crippen LogP contribution in [0.15, 0.2) is 34.9 Å². The zero-order valence-corrected chi connectivity index (χ0v) is 15.8. The number of halogens is 3. The summed E-state index contributed by atoms with van der Waals surface area (Å²) in [6.45, 7) is 2.01. The highest BCUT2D eigenvalue weighted by atomic mass is 79.9. The summed E-state index contributed by atoms with van der Waals surface area (Å²) in [5.41, 5.74) is 1.45. The topological polar surface area (TPSA) is 64.7 Å². The van der Waals surface area contributed by atoms with Gasteiger partial charge < -0.3 is 5.32 Å². The van der Waals surface area contributed by atoms with E-state index >= 15 is 0 Å². The molecule has 0 aliphatic rings. The zero-order chi connectivity index (χ0) is 18.1. The molecule has 130 valence electrons. The van der Waals surface area contributed by atoms with Crippen molar-refractivity contribution in [3.05, 3.63) is 62.7 Å². The van der Waals surface area contributed by atoms with Crippen molar-refractivity contribution in [2.75, 3.05) is 5.32 Å². The first kappa shape index (κ1) is 17.6. The van der Waals surface area contributed by atoms with Gasteiger partial charge in [-0.1, -0.05) is 17.7 Å². The minimum absolute atomic E-state index is 0.160. The van der Waals surface area contributed by atoms with Crippen LogP contribution in [0.5, 0.6) is 0 Å². The number of amides is 1. The van der Waals surface area contributed by atoms with Crippen molar-refractivity contribution in [3.8, 4) is 0 Å². The molecule has 0 atom stereocenters. The molecule has 2 heterocycles. The SMILES string of the molecule is Cc1c(Br)c(C(=O)Nc2ccn(Cc3c(F)cccc3Cl)n2)nn1C. The van der Waals surface area contributed by atoms with Crippen molar-refractivity contribution in [2.24, 2.45) is 7.05 Å². The maximum atomic E-state index is 13.8. The van der Waals surface area contributed by atoms with E-state index in [2.05, 4.69) is 31.4 Å². The van der Waals surface area contributed by atoms with Crippen LogP contribution >= 0.6 is 27.5 Å². The maximum absolute atomic E-state index is 13.8. The number of aryl methyl sites for hydroxylation is 1. The molecule has 0 radical (unpaired) electrons. The molecule has 0 bridgehead atoms. The fraction of sp³-hybridized carbons (Fsp3) is 0.188. The number of benzene rings is 1. The molecule has 6 nitrogen and oxygen atoms in total. The van der Waals surface area contributed by atoms with Gasteiger partial charge >= 0.3 is 0 Å². The average molecular weight is 427 g/mol. The Kier molecular flexibility index (Phi) is 4.91. The van der Waals surface area contributed by atoms with Crippen LogP contribution in [0.2, 0.25) is 5.02 Å². The molecular weight excluding hydrogens is 413 g/mol. The lowest BCUT2D eigenvalue weighted by atomic mass is 10.2. The van der Waals surface area contributed by atoms with Crippen molar-refractivity contribution in [2.45, 2.75) is 13.5 Å². The van der Waals surface area contributed by atoms with Crippen molar-refractivity contribution in [3.63, 3.8) is 0 Å². The number of hydrogen-bond acceptors (Lipinski definition) is 3. The average Bonchev–Trinajstić information content (AvgIpc) is 3.11. The highest BCUT2D eigenvalue weighted by Gasteiger charge is 2.18. The molecule has 0 spiro atoms. The Morgan fingerprint density at radius 2 is 2.12 bits per heavy atom. The van der Waals surface area contributed by atoms with Crippen molar-refractivity contribution in [1.82, 2.24) is 19.6 Å². The smallest absolute Gasteiger partial charge is 0.278 e. The quantitative estimate of drug-likeness (QED) is 0.690. The highest BCUT2D eigenvalue weighted by molar-refractivity contribution is 9.10. The van der Waals surface area contributed by atoms with Gasteiger partial charge in [-0.15, -0.1) is 0 Å². The molecule has 0 fully saturated rings. The van der Waals surface area contributed by atoms with Gasteiger partial charge in [-0.25, -0.2) is 4.39 Å². The van der Waals surface area contributed by atoms with Crippen molar-refractivity contribution in [1.29, 1.82) is 0 Å². The molecule has 0 unspecified atom stereocenters. The number of rotatable bonds is 4. The number of anilines is 1. The second-order valence-electron chi connectivity index (χ2n) is 5.42. The van der Waals surface area contributed by atoms with Gasteiger partial charge in [0.1, 0.15) is 5.82 Å². The first-order chi connectivity index (χ1) is 11.9. The van der Waals surface area contributed by atoms with Crippen LogP contribution < -0.4 is 5.32 Å². The molecule has 1 amide bonds. The number of nitrogens with zero attached hydrogens (tertiary/aromatic N) is 4. The third kappa shape index (κ3) is 3.59. The third-order valence-corrected chi connectivity index (χ3v) is 5.04. The third-order valence-electron chi connectivity index (χ3n) is 3.74. The normalized spacial score (nSPS) is 10.9. The van der Waals surface area contributed by atoms with Crippen LogP contribution in [0.4, 0.5) is 10.2 Å². The Bertz CT molecular complexity index is 932. The lowest BCUT2D eigenvalue weighted by molar-refractivity contribution is 0.102. The molecule has 1 N–H and O–H groups in total. The first-order valence-corrected chi connectivity index (χ1v) is 8.50. The minimum atomic E-state index is -0.401. The predicted octanol–water partition coefficient (Wildman–Crippen LogP) is 3.78.